The number of carbonyl (C=O) groups excluding carboxylic acids is 6. The van der Waals surface area contributed by atoms with Crippen molar-refractivity contribution in [2.24, 2.45) is 41.4 Å². The van der Waals surface area contributed by atoms with E-state index in [4.69, 9.17) is 28.4 Å². The second kappa shape index (κ2) is 27.6. The smallest absolute Gasteiger partial charge is 0.329 e. The van der Waals surface area contributed by atoms with E-state index in [1.165, 1.54) is 12.0 Å². The van der Waals surface area contributed by atoms with E-state index in [0.29, 0.717) is 63.4 Å². The third-order valence-corrected chi connectivity index (χ3v) is 16.4. The predicted octanol–water partition coefficient (Wildman–Crippen LogP) is 7.92. The molecule has 15 nitrogen and oxygen atoms in total. The van der Waals surface area contributed by atoms with Gasteiger partial charge in [-0.2, -0.15) is 0 Å². The molecule has 2 saturated carbocycles. The Morgan fingerprint density at radius 2 is 1.53 bits per heavy atom. The van der Waals surface area contributed by atoms with E-state index in [9.17, 15) is 39.0 Å². The largest absolute Gasteiger partial charge is 0.460 e. The lowest BCUT2D eigenvalue weighted by atomic mass is 9.78. The van der Waals surface area contributed by atoms with Gasteiger partial charge in [-0.15, -0.1) is 0 Å². The van der Waals surface area contributed by atoms with Crippen LogP contribution in [0.5, 0.6) is 0 Å². The number of piperidine rings is 1. The zero-order chi connectivity index (χ0) is 52.9. The lowest BCUT2D eigenvalue weighted by Crippen LogP contribution is -2.61. The molecule has 72 heavy (non-hydrogen) atoms. The first-order chi connectivity index (χ1) is 34.2. The number of carbonyl (C=O) groups is 6. The maximum atomic E-state index is 14.6. The van der Waals surface area contributed by atoms with Crippen molar-refractivity contribution in [3.05, 3.63) is 47.6 Å². The molecule has 15 unspecified atom stereocenters. The van der Waals surface area contributed by atoms with Gasteiger partial charge in [-0.3, -0.25) is 24.0 Å². The number of esters is 2. The molecule has 0 spiro atoms. The Balaban J connectivity index is 1.44. The number of nitrogens with zero attached hydrogens (tertiary/aromatic N) is 1. The molecule has 2 N–H and O–H groups in total. The predicted molar refractivity (Wildman–Crippen MR) is 271 cm³/mol. The van der Waals surface area contributed by atoms with Crippen molar-refractivity contribution in [1.82, 2.24) is 4.90 Å². The molecule has 0 aromatic carbocycles. The molecule has 0 aromatic rings. The normalized spacial score (nSPS) is 38.9. The van der Waals surface area contributed by atoms with Crippen molar-refractivity contribution in [2.75, 3.05) is 27.9 Å². The van der Waals surface area contributed by atoms with Gasteiger partial charge in [0, 0.05) is 58.5 Å². The molecule has 15 heteroatoms. The number of ether oxygens (including phenoxy) is 6. The van der Waals surface area contributed by atoms with E-state index < -0.39 is 77.8 Å². The molecule has 2 bridgehead atoms. The minimum absolute atomic E-state index is 0.0112. The van der Waals surface area contributed by atoms with Crippen molar-refractivity contribution in [2.45, 2.75) is 206 Å². The number of ketones is 3. The molecule has 3 aliphatic heterocycles. The van der Waals surface area contributed by atoms with Gasteiger partial charge in [0.15, 0.2) is 5.78 Å². The van der Waals surface area contributed by atoms with Crippen LogP contribution in [0.25, 0.3) is 0 Å². The summed E-state index contributed by atoms with van der Waals surface area (Å²) in [7, 11) is 4.57. The Morgan fingerprint density at radius 3 is 2.21 bits per heavy atom. The van der Waals surface area contributed by atoms with Gasteiger partial charge >= 0.3 is 11.9 Å². The molecular weight excluding hydrogens is 923 g/mol. The standard InChI is InChI=1S/C57H87NO14/c1-34-18-12-11-13-19-35(2)47(67-8)32-43-25-23-40(7)57(66,72-43)53(62)54(63)58-27-17-16-22-44(58)56(65)71-48(33-45(59)36(3)29-39(6)51(61)52(69-10)50(60)38(5)28-34)37(4)30-41-24-26-46(49(31-41)68-9)70-55(64)42-20-14-15-21-42/h11-13,18-19,29,34,36-38,40-44,46-49,51-52,61,66H,14-17,20-28,30-33H2,1-10H3/b13-11+,18-12+,35-19+,39-29+. The molecule has 2 aliphatic carbocycles. The molecule has 15 atom stereocenters. The molecule has 4 fully saturated rings. The third kappa shape index (κ3) is 15.4. The summed E-state index contributed by atoms with van der Waals surface area (Å²) in [6.07, 6.45) is 15.0. The lowest BCUT2D eigenvalue weighted by molar-refractivity contribution is -0.265. The minimum Gasteiger partial charge on any atom is -0.460 e. The van der Waals surface area contributed by atoms with Crippen LogP contribution < -0.4 is 0 Å². The van der Waals surface area contributed by atoms with Gasteiger partial charge in [-0.25, -0.2) is 4.79 Å². The number of aliphatic hydroxyl groups excluding tert-OH is 1. The average molecular weight is 1010 g/mol. The third-order valence-electron chi connectivity index (χ3n) is 16.4. The van der Waals surface area contributed by atoms with Gasteiger partial charge in [0.05, 0.1) is 24.2 Å². The summed E-state index contributed by atoms with van der Waals surface area (Å²) in [6, 6.07) is -1.16. The van der Waals surface area contributed by atoms with Gasteiger partial charge in [-0.1, -0.05) is 83.9 Å². The van der Waals surface area contributed by atoms with Gasteiger partial charge < -0.3 is 43.5 Å². The number of methoxy groups -OCH3 is 3. The summed E-state index contributed by atoms with van der Waals surface area (Å²) < 4.78 is 35.9. The minimum atomic E-state index is -2.44. The zero-order valence-electron chi connectivity index (χ0n) is 44.9. The number of rotatable bonds is 8. The Kier molecular flexibility index (Phi) is 22.6. The van der Waals surface area contributed by atoms with Gasteiger partial charge in [0.1, 0.15) is 36.2 Å². The molecule has 0 aromatic heterocycles. The second-order valence-corrected chi connectivity index (χ2v) is 22.0. The number of hydrogen-bond donors (Lipinski definition) is 2. The van der Waals surface area contributed by atoms with E-state index in [2.05, 4.69) is 0 Å². The molecule has 5 rings (SSSR count). The first kappa shape index (κ1) is 59.0. The Labute approximate surface area is 428 Å². The van der Waals surface area contributed by atoms with Crippen molar-refractivity contribution >= 4 is 35.2 Å². The SMILES string of the molecule is COC1CC2CCC(C)C(O)(O2)C(=O)C(=O)N2CCCCC2C(=O)OC(C(C)CC2CCC(OC(=O)C3CCCC3)C(OC)C2)CC(=O)C(C)/C=C(\C)C(O)C(OC)C(=O)C(C)CC(C)/C=C/C=C/C=C/1C. The van der Waals surface area contributed by atoms with E-state index in [0.717, 1.165) is 37.7 Å². The quantitative estimate of drug-likeness (QED) is 0.135. The van der Waals surface area contributed by atoms with Crippen LogP contribution in [-0.2, 0) is 57.2 Å². The number of amides is 1. The molecule has 5 aliphatic rings. The topological polar surface area (TPSA) is 201 Å². The van der Waals surface area contributed by atoms with Crippen LogP contribution in [0.2, 0.25) is 0 Å². The van der Waals surface area contributed by atoms with Crippen LogP contribution in [0.15, 0.2) is 47.6 Å². The fraction of sp³-hybridized carbons (Fsp3) is 0.754. The van der Waals surface area contributed by atoms with Crippen LogP contribution in [0, 0.1) is 41.4 Å². The fourth-order valence-corrected chi connectivity index (χ4v) is 11.6. The maximum Gasteiger partial charge on any atom is 0.329 e. The average Bonchev–Trinajstić information content (AvgIpc) is 3.92. The molecule has 0 radical (unpaired) electrons. The summed E-state index contributed by atoms with van der Waals surface area (Å²) in [6.45, 7) is 12.8. The van der Waals surface area contributed by atoms with Crippen LogP contribution in [0.1, 0.15) is 151 Å². The number of hydrogen-bond acceptors (Lipinski definition) is 14. The molecule has 404 valence electrons. The second-order valence-electron chi connectivity index (χ2n) is 22.0. The van der Waals surface area contributed by atoms with Crippen LogP contribution >= 0.6 is 0 Å². The van der Waals surface area contributed by atoms with E-state index in [1.54, 1.807) is 41.1 Å². The first-order valence-electron chi connectivity index (χ1n) is 26.9. The summed E-state index contributed by atoms with van der Waals surface area (Å²) >= 11 is 0. The number of Topliss-reactive ketones (excluding diaryl/α,β-unsaturated/α-hetero) is 3. The van der Waals surface area contributed by atoms with Crippen molar-refractivity contribution in [3.8, 4) is 0 Å². The Morgan fingerprint density at radius 1 is 0.819 bits per heavy atom. The highest BCUT2D eigenvalue weighted by Gasteiger charge is 2.53. The van der Waals surface area contributed by atoms with Crippen LogP contribution in [-0.4, -0.2) is 133 Å². The summed E-state index contributed by atoms with van der Waals surface area (Å²) in [4.78, 5) is 85.5. The van der Waals surface area contributed by atoms with Crippen molar-refractivity contribution in [3.63, 3.8) is 0 Å². The van der Waals surface area contributed by atoms with Gasteiger partial charge in [0.25, 0.3) is 11.7 Å². The highest BCUT2D eigenvalue weighted by molar-refractivity contribution is 6.39. The molecule has 1 amide bonds. The fourth-order valence-electron chi connectivity index (χ4n) is 11.6. The van der Waals surface area contributed by atoms with Crippen LogP contribution in [0.3, 0.4) is 0 Å². The van der Waals surface area contributed by atoms with E-state index >= 15 is 0 Å². The summed E-state index contributed by atoms with van der Waals surface area (Å²) in [5.41, 5.74) is 1.26. The first-order valence-corrected chi connectivity index (χ1v) is 26.9. The summed E-state index contributed by atoms with van der Waals surface area (Å²) in [5.74, 6) is -8.35. The highest BCUT2D eigenvalue weighted by atomic mass is 16.6. The Bertz CT molecular complexity index is 1990. The van der Waals surface area contributed by atoms with Gasteiger partial charge in [-0.05, 0) is 120 Å². The molecule has 3 heterocycles. The molecular formula is C57H87NO14. The highest BCUT2D eigenvalue weighted by Crippen LogP contribution is 2.39. The van der Waals surface area contributed by atoms with E-state index in [-0.39, 0.29) is 72.8 Å². The number of allylic oxidation sites excluding steroid dienone is 6. The van der Waals surface area contributed by atoms with Gasteiger partial charge in [0.2, 0.25) is 5.79 Å². The van der Waals surface area contributed by atoms with E-state index in [1.807, 2.05) is 58.1 Å². The summed E-state index contributed by atoms with van der Waals surface area (Å²) in [5, 5.41) is 23.5. The number of cyclic esters (lactones) is 1. The van der Waals surface area contributed by atoms with Crippen LogP contribution in [0.4, 0.5) is 0 Å². The number of aliphatic hydroxyl groups is 2. The Hall–Kier alpha value is -3.86. The van der Waals surface area contributed by atoms with Crippen molar-refractivity contribution < 1.29 is 67.4 Å². The maximum absolute atomic E-state index is 14.6. The lowest BCUT2D eigenvalue weighted by Gasteiger charge is -2.42. The molecule has 2 saturated heterocycles. The monoisotopic (exact) mass is 1010 g/mol. The number of fused-ring (bicyclic) bond motifs is 3. The zero-order valence-corrected chi connectivity index (χ0v) is 44.9. The van der Waals surface area contributed by atoms with Crippen molar-refractivity contribution in [1.29, 1.82) is 0 Å².